The van der Waals surface area contributed by atoms with Crippen molar-refractivity contribution in [2.24, 2.45) is 11.8 Å². The van der Waals surface area contributed by atoms with Crippen LogP contribution in [0, 0.1) is 17.2 Å². The van der Waals surface area contributed by atoms with Gasteiger partial charge < -0.3 is 15.1 Å². The highest BCUT2D eigenvalue weighted by atomic mass is 16.2. The number of nitrogens with zero attached hydrogens (tertiary/aromatic N) is 2. The topological polar surface area (TPSA) is 59.4 Å². The molecule has 5 heteroatoms. The number of amidine groups is 1. The average Bonchev–Trinajstić information content (AvgIpc) is 2.98. The fraction of sp³-hybridized carbons (Fsp3) is 0.882. The summed E-state index contributed by atoms with van der Waals surface area (Å²) in [7, 11) is 3.60. The van der Waals surface area contributed by atoms with Gasteiger partial charge in [0, 0.05) is 27.2 Å². The monoisotopic (exact) mass is 314 g/mol. The van der Waals surface area contributed by atoms with Crippen LogP contribution in [0.4, 0.5) is 0 Å². The van der Waals surface area contributed by atoms with Gasteiger partial charge in [0.05, 0.1) is 11.9 Å². The highest BCUT2D eigenvalue weighted by Gasteiger charge is 2.27. The molecule has 0 spiro atoms. The van der Waals surface area contributed by atoms with Gasteiger partial charge in [0.25, 0.3) is 0 Å². The molecule has 1 amide bonds. The average molecular weight is 315 g/mol. The molecule has 0 radical (unpaired) electrons. The summed E-state index contributed by atoms with van der Waals surface area (Å²) in [6.07, 6.45) is 2.24. The Balaban J connectivity index is 0. The van der Waals surface area contributed by atoms with Gasteiger partial charge in [0.2, 0.25) is 5.91 Å². The van der Waals surface area contributed by atoms with E-state index in [2.05, 4.69) is 24.1 Å². The number of likely N-dealkylation sites (tertiary alicyclic amines) is 1. The lowest BCUT2D eigenvalue weighted by atomic mass is 10.1. The quantitative estimate of drug-likeness (QED) is 0.578. The van der Waals surface area contributed by atoms with Crippen LogP contribution in [-0.2, 0) is 4.79 Å². The lowest BCUT2D eigenvalue weighted by Crippen LogP contribution is -2.39. The Labute approximate surface area is 138 Å². The van der Waals surface area contributed by atoms with Gasteiger partial charge in [-0.25, -0.2) is 0 Å². The maximum absolute atomic E-state index is 11.4. The summed E-state index contributed by atoms with van der Waals surface area (Å²) in [5.41, 5.74) is 0. The maximum Gasteiger partial charge on any atom is 0.239 e. The Morgan fingerprint density at radius 1 is 1.23 bits per heavy atom. The Bertz CT molecular complexity index is 344. The van der Waals surface area contributed by atoms with Crippen LogP contribution in [0.1, 0.15) is 48.5 Å². The standard InChI is InChI=1S/C8H16N2O.C7H14N2.2CH4/c1-6-4-7(9-5-6)8(11)10(2)3;1-6-3-4-9(5-6)7(2)8;;/h6-7,9H,4-5H2,1-3H3;6,8H,3-5H2,1-2H3;2*1H4/t6-,7-;6-;;/m01../s1. The van der Waals surface area contributed by atoms with Crippen LogP contribution in [0.2, 0.25) is 0 Å². The molecule has 0 aliphatic carbocycles. The Kier molecular flexibility index (Phi) is 11.2. The summed E-state index contributed by atoms with van der Waals surface area (Å²) in [5, 5.41) is 10.5. The third kappa shape index (κ3) is 7.25. The van der Waals surface area contributed by atoms with Gasteiger partial charge in [-0.3, -0.25) is 10.2 Å². The molecular formula is C17H38N4O. The van der Waals surface area contributed by atoms with E-state index >= 15 is 0 Å². The van der Waals surface area contributed by atoms with Crippen molar-refractivity contribution < 1.29 is 4.79 Å². The van der Waals surface area contributed by atoms with Gasteiger partial charge in [-0.2, -0.15) is 0 Å². The third-order valence-corrected chi connectivity index (χ3v) is 3.99. The molecule has 2 fully saturated rings. The predicted molar refractivity (Wildman–Crippen MR) is 96.5 cm³/mol. The van der Waals surface area contributed by atoms with E-state index in [-0.39, 0.29) is 26.8 Å². The van der Waals surface area contributed by atoms with E-state index in [0.29, 0.717) is 5.92 Å². The zero-order valence-electron chi connectivity index (χ0n) is 13.6. The number of carbonyl (C=O) groups is 1. The molecule has 2 rings (SSSR count). The molecule has 132 valence electrons. The van der Waals surface area contributed by atoms with Gasteiger partial charge in [0.15, 0.2) is 0 Å². The number of likely N-dealkylation sites (N-methyl/N-ethyl adjacent to an activating group) is 1. The van der Waals surface area contributed by atoms with E-state index in [0.717, 1.165) is 37.8 Å². The molecule has 2 N–H and O–H groups in total. The molecule has 2 aliphatic rings. The molecule has 0 bridgehead atoms. The number of amides is 1. The minimum atomic E-state index is 0. The highest BCUT2D eigenvalue weighted by molar-refractivity contribution is 5.81. The number of hydrogen-bond donors (Lipinski definition) is 2. The largest absolute Gasteiger partial charge is 0.361 e. The SMILES string of the molecule is C.C.CC(=N)N1CC[C@@H](C)C1.C[C@@H]1CN[C@H](C(=O)N(C)C)C1. The van der Waals surface area contributed by atoms with E-state index in [1.165, 1.54) is 6.42 Å². The van der Waals surface area contributed by atoms with Crippen molar-refractivity contribution in [1.82, 2.24) is 15.1 Å². The molecular weight excluding hydrogens is 276 g/mol. The Morgan fingerprint density at radius 3 is 2.09 bits per heavy atom. The van der Waals surface area contributed by atoms with Gasteiger partial charge in [-0.05, 0) is 38.1 Å². The second-order valence-electron chi connectivity index (χ2n) is 6.46. The lowest BCUT2D eigenvalue weighted by Gasteiger charge is -2.15. The first kappa shape index (κ1) is 23.2. The summed E-state index contributed by atoms with van der Waals surface area (Å²) >= 11 is 0. The molecule has 22 heavy (non-hydrogen) atoms. The van der Waals surface area contributed by atoms with Crippen LogP contribution in [0.5, 0.6) is 0 Å². The fourth-order valence-electron chi connectivity index (χ4n) is 2.65. The van der Waals surface area contributed by atoms with Crippen LogP contribution in [0.15, 0.2) is 0 Å². The van der Waals surface area contributed by atoms with Gasteiger partial charge in [-0.15, -0.1) is 0 Å². The Morgan fingerprint density at radius 2 is 1.82 bits per heavy atom. The van der Waals surface area contributed by atoms with Crippen molar-refractivity contribution in [3.8, 4) is 0 Å². The first-order chi connectivity index (χ1) is 9.31. The summed E-state index contributed by atoms with van der Waals surface area (Å²) in [4.78, 5) is 15.1. The van der Waals surface area contributed by atoms with Crippen LogP contribution in [0.25, 0.3) is 0 Å². The normalized spacial score (nSPS) is 26.2. The Hall–Kier alpha value is -1.10. The third-order valence-electron chi connectivity index (χ3n) is 3.99. The van der Waals surface area contributed by atoms with Crippen LogP contribution in [0.3, 0.4) is 0 Å². The van der Waals surface area contributed by atoms with Crippen molar-refractivity contribution in [2.75, 3.05) is 33.7 Å². The molecule has 2 saturated heterocycles. The van der Waals surface area contributed by atoms with Crippen LogP contribution in [-0.4, -0.2) is 61.3 Å². The molecule has 0 aromatic heterocycles. The zero-order valence-corrected chi connectivity index (χ0v) is 13.6. The summed E-state index contributed by atoms with van der Waals surface area (Å²) in [6.45, 7) is 9.42. The van der Waals surface area contributed by atoms with Crippen molar-refractivity contribution in [3.63, 3.8) is 0 Å². The fourth-order valence-corrected chi connectivity index (χ4v) is 2.65. The van der Waals surface area contributed by atoms with Gasteiger partial charge >= 0.3 is 0 Å². The second-order valence-corrected chi connectivity index (χ2v) is 6.46. The van der Waals surface area contributed by atoms with E-state index in [9.17, 15) is 4.79 Å². The first-order valence-electron chi connectivity index (χ1n) is 7.56. The van der Waals surface area contributed by atoms with Crippen LogP contribution >= 0.6 is 0 Å². The number of hydrogen-bond acceptors (Lipinski definition) is 3. The molecule has 2 heterocycles. The van der Waals surface area contributed by atoms with E-state index < -0.39 is 0 Å². The number of rotatable bonds is 1. The van der Waals surface area contributed by atoms with Crippen molar-refractivity contribution in [2.45, 2.75) is 54.5 Å². The second kappa shape index (κ2) is 10.6. The minimum absolute atomic E-state index is 0. The molecule has 2 aliphatic heterocycles. The van der Waals surface area contributed by atoms with Crippen molar-refractivity contribution in [3.05, 3.63) is 0 Å². The lowest BCUT2D eigenvalue weighted by molar-refractivity contribution is -0.130. The number of nitrogens with one attached hydrogen (secondary N) is 2. The molecule has 5 nitrogen and oxygen atoms in total. The van der Waals surface area contributed by atoms with Crippen LogP contribution < -0.4 is 5.32 Å². The van der Waals surface area contributed by atoms with Gasteiger partial charge in [-0.1, -0.05) is 28.7 Å². The summed E-state index contributed by atoms with van der Waals surface area (Å²) in [6, 6.07) is 0.0694. The minimum Gasteiger partial charge on any atom is -0.361 e. The molecule has 3 atom stereocenters. The van der Waals surface area contributed by atoms with Crippen molar-refractivity contribution in [1.29, 1.82) is 5.41 Å². The van der Waals surface area contributed by atoms with E-state index in [1.807, 2.05) is 6.92 Å². The predicted octanol–water partition coefficient (Wildman–Crippen LogP) is 2.67. The van der Waals surface area contributed by atoms with Crippen molar-refractivity contribution >= 4 is 11.7 Å². The molecule has 0 aromatic carbocycles. The van der Waals surface area contributed by atoms with E-state index in [4.69, 9.17) is 5.41 Å². The smallest absolute Gasteiger partial charge is 0.239 e. The highest BCUT2D eigenvalue weighted by Crippen LogP contribution is 2.14. The number of carbonyl (C=O) groups excluding carboxylic acids is 1. The van der Waals surface area contributed by atoms with E-state index in [1.54, 1.807) is 19.0 Å². The maximum atomic E-state index is 11.4. The molecule has 0 aromatic rings. The first-order valence-corrected chi connectivity index (χ1v) is 7.56. The zero-order chi connectivity index (χ0) is 15.3. The van der Waals surface area contributed by atoms with Gasteiger partial charge in [0.1, 0.15) is 0 Å². The molecule has 0 unspecified atom stereocenters. The summed E-state index contributed by atoms with van der Waals surface area (Å²) < 4.78 is 0. The summed E-state index contributed by atoms with van der Waals surface area (Å²) in [5.74, 6) is 2.36. The molecule has 0 saturated carbocycles.